The van der Waals surface area contributed by atoms with Crippen molar-refractivity contribution in [2.24, 2.45) is 5.73 Å². The van der Waals surface area contributed by atoms with E-state index >= 15 is 0 Å². The molecule has 2 aromatic rings. The molecule has 0 amide bonds. The third-order valence-corrected chi connectivity index (χ3v) is 4.20. The minimum atomic E-state index is 0.179. The largest absolute Gasteiger partial charge is 0.489 e. The highest BCUT2D eigenvalue weighted by atomic mass is 32.1. The van der Waals surface area contributed by atoms with Crippen molar-refractivity contribution in [1.29, 1.82) is 0 Å². The lowest BCUT2D eigenvalue weighted by molar-refractivity contribution is 0.306. The van der Waals surface area contributed by atoms with Crippen LogP contribution >= 0.6 is 11.3 Å². The Morgan fingerprint density at radius 1 is 1.33 bits per heavy atom. The Hall–Kier alpha value is -1.32. The van der Waals surface area contributed by atoms with E-state index in [-0.39, 0.29) is 6.04 Å². The molecule has 1 aromatic heterocycles. The molecule has 0 bridgehead atoms. The zero-order valence-electron chi connectivity index (χ0n) is 10.3. The average Bonchev–Trinajstić information content (AvgIpc) is 2.90. The Kier molecular flexibility index (Phi) is 3.35. The number of fused-ring (bicyclic) bond motifs is 1. The number of rotatable bonds is 3. The summed E-state index contributed by atoms with van der Waals surface area (Å²) in [4.78, 5) is 0. The Morgan fingerprint density at radius 3 is 3.11 bits per heavy atom. The summed E-state index contributed by atoms with van der Waals surface area (Å²) in [6.45, 7) is 0.636. The van der Waals surface area contributed by atoms with E-state index in [4.69, 9.17) is 10.5 Å². The first-order valence-corrected chi connectivity index (χ1v) is 7.29. The number of hydrogen-bond acceptors (Lipinski definition) is 3. The smallest absolute Gasteiger partial charge is 0.120 e. The summed E-state index contributed by atoms with van der Waals surface area (Å²) in [5, 5.41) is 4.19. The maximum Gasteiger partial charge on any atom is 0.120 e. The number of aryl methyl sites for hydroxylation is 1. The molecule has 0 saturated heterocycles. The lowest BCUT2D eigenvalue weighted by atomic mass is 9.88. The van der Waals surface area contributed by atoms with Gasteiger partial charge in [-0.25, -0.2) is 0 Å². The van der Waals surface area contributed by atoms with E-state index in [1.807, 2.05) is 0 Å². The Morgan fingerprint density at radius 2 is 2.28 bits per heavy atom. The van der Waals surface area contributed by atoms with Crippen LogP contribution in [0.15, 0.2) is 35.0 Å². The first-order chi connectivity index (χ1) is 8.83. The number of hydrogen-bond donors (Lipinski definition) is 1. The molecule has 0 spiro atoms. The molecule has 1 aliphatic rings. The molecule has 18 heavy (non-hydrogen) atoms. The lowest BCUT2D eigenvalue weighted by Crippen LogP contribution is -2.17. The minimum Gasteiger partial charge on any atom is -0.489 e. The second kappa shape index (κ2) is 5.12. The summed E-state index contributed by atoms with van der Waals surface area (Å²) in [6.07, 6.45) is 3.43. The maximum absolute atomic E-state index is 6.15. The molecule has 1 aromatic carbocycles. The molecule has 3 heteroatoms. The fourth-order valence-electron chi connectivity index (χ4n) is 2.45. The summed E-state index contributed by atoms with van der Waals surface area (Å²) in [5.74, 6) is 0.928. The molecule has 1 unspecified atom stereocenters. The topological polar surface area (TPSA) is 35.2 Å². The monoisotopic (exact) mass is 259 g/mol. The van der Waals surface area contributed by atoms with E-state index in [9.17, 15) is 0 Å². The molecule has 2 nitrogen and oxygen atoms in total. The first kappa shape index (κ1) is 11.8. The lowest BCUT2D eigenvalue weighted by Gasteiger charge is -2.22. The molecule has 1 aliphatic carbocycles. The Labute approximate surface area is 111 Å². The van der Waals surface area contributed by atoms with E-state index in [0.29, 0.717) is 6.61 Å². The van der Waals surface area contributed by atoms with Crippen molar-refractivity contribution >= 4 is 11.3 Å². The van der Waals surface area contributed by atoms with Gasteiger partial charge in [0.05, 0.1) is 0 Å². The molecular weight excluding hydrogens is 242 g/mol. The highest BCUT2D eigenvalue weighted by molar-refractivity contribution is 7.07. The first-order valence-electron chi connectivity index (χ1n) is 6.35. The third kappa shape index (κ3) is 2.42. The maximum atomic E-state index is 6.15. The van der Waals surface area contributed by atoms with E-state index in [1.165, 1.54) is 23.1 Å². The van der Waals surface area contributed by atoms with Crippen LogP contribution in [0.3, 0.4) is 0 Å². The van der Waals surface area contributed by atoms with Crippen LogP contribution in [0.25, 0.3) is 0 Å². The van der Waals surface area contributed by atoms with Crippen LogP contribution in [-0.4, -0.2) is 0 Å². The second-order valence-corrected chi connectivity index (χ2v) is 5.56. The molecule has 3 rings (SSSR count). The molecule has 94 valence electrons. The standard InChI is InChI=1S/C15H17NOS/c16-15-3-1-2-12-4-5-13(8-14(12)15)17-9-11-6-7-18-10-11/h4-8,10,15H,1-3,9,16H2. The summed E-state index contributed by atoms with van der Waals surface area (Å²) in [7, 11) is 0. The molecule has 0 radical (unpaired) electrons. The van der Waals surface area contributed by atoms with Crippen molar-refractivity contribution in [1.82, 2.24) is 0 Å². The summed E-state index contributed by atoms with van der Waals surface area (Å²) >= 11 is 1.70. The highest BCUT2D eigenvalue weighted by Gasteiger charge is 2.17. The predicted molar refractivity (Wildman–Crippen MR) is 75.0 cm³/mol. The predicted octanol–water partition coefficient (Wildman–Crippen LogP) is 3.66. The molecule has 2 N–H and O–H groups in total. The van der Waals surface area contributed by atoms with Gasteiger partial charge >= 0.3 is 0 Å². The number of ether oxygens (including phenoxy) is 1. The van der Waals surface area contributed by atoms with E-state index in [0.717, 1.165) is 18.6 Å². The molecule has 0 fully saturated rings. The number of nitrogens with two attached hydrogens (primary N) is 1. The molecule has 0 aliphatic heterocycles. The summed E-state index contributed by atoms with van der Waals surface area (Å²) in [6, 6.07) is 8.61. The van der Waals surface area contributed by atoms with Crippen LogP contribution in [0.2, 0.25) is 0 Å². The van der Waals surface area contributed by atoms with Gasteiger partial charge in [0.2, 0.25) is 0 Å². The van der Waals surface area contributed by atoms with Crippen LogP contribution < -0.4 is 10.5 Å². The number of benzene rings is 1. The van der Waals surface area contributed by atoms with Gasteiger partial charge in [-0.15, -0.1) is 0 Å². The van der Waals surface area contributed by atoms with Crippen LogP contribution in [0.1, 0.15) is 35.6 Å². The molecule has 1 heterocycles. The second-order valence-electron chi connectivity index (χ2n) is 4.78. The van der Waals surface area contributed by atoms with E-state index in [1.54, 1.807) is 11.3 Å². The molecule has 1 atom stereocenters. The van der Waals surface area contributed by atoms with E-state index < -0.39 is 0 Å². The van der Waals surface area contributed by atoms with Gasteiger partial charge in [0, 0.05) is 6.04 Å². The fourth-order valence-corrected chi connectivity index (χ4v) is 3.10. The quantitative estimate of drug-likeness (QED) is 0.913. The Balaban J connectivity index is 1.75. The summed E-state index contributed by atoms with van der Waals surface area (Å²) < 4.78 is 5.82. The van der Waals surface area contributed by atoms with Crippen molar-refractivity contribution in [3.05, 3.63) is 51.7 Å². The molecular formula is C15H17NOS. The SMILES string of the molecule is NC1CCCc2ccc(OCc3ccsc3)cc21. The van der Waals surface area contributed by atoms with Gasteiger partial charge < -0.3 is 10.5 Å². The van der Waals surface area contributed by atoms with Crippen LogP contribution in [0.5, 0.6) is 5.75 Å². The molecule has 0 saturated carbocycles. The average molecular weight is 259 g/mol. The van der Waals surface area contributed by atoms with Gasteiger partial charge in [0.25, 0.3) is 0 Å². The van der Waals surface area contributed by atoms with Gasteiger partial charge in [-0.2, -0.15) is 11.3 Å². The van der Waals surface area contributed by atoms with Crippen molar-refractivity contribution in [2.75, 3.05) is 0 Å². The van der Waals surface area contributed by atoms with Gasteiger partial charge in [0.15, 0.2) is 0 Å². The minimum absolute atomic E-state index is 0.179. The van der Waals surface area contributed by atoms with Crippen molar-refractivity contribution in [2.45, 2.75) is 31.9 Å². The fraction of sp³-hybridized carbons (Fsp3) is 0.333. The van der Waals surface area contributed by atoms with Crippen LogP contribution in [0, 0.1) is 0 Å². The zero-order chi connectivity index (χ0) is 12.4. The Bertz CT molecular complexity index is 521. The zero-order valence-corrected chi connectivity index (χ0v) is 11.1. The van der Waals surface area contributed by atoms with Crippen LogP contribution in [-0.2, 0) is 13.0 Å². The van der Waals surface area contributed by atoms with Gasteiger partial charge in [-0.05, 0) is 64.9 Å². The van der Waals surface area contributed by atoms with E-state index in [2.05, 4.69) is 35.0 Å². The number of thiophene rings is 1. The van der Waals surface area contributed by atoms with Gasteiger partial charge in [-0.3, -0.25) is 0 Å². The van der Waals surface area contributed by atoms with Crippen molar-refractivity contribution in [3.63, 3.8) is 0 Å². The highest BCUT2D eigenvalue weighted by Crippen LogP contribution is 2.31. The van der Waals surface area contributed by atoms with Crippen LogP contribution in [0.4, 0.5) is 0 Å². The normalized spacial score (nSPS) is 18.4. The van der Waals surface area contributed by atoms with Gasteiger partial charge in [0.1, 0.15) is 12.4 Å². The van der Waals surface area contributed by atoms with Crippen molar-refractivity contribution < 1.29 is 4.74 Å². The van der Waals surface area contributed by atoms with Gasteiger partial charge in [-0.1, -0.05) is 6.07 Å². The third-order valence-electron chi connectivity index (χ3n) is 3.46. The summed E-state index contributed by atoms with van der Waals surface area (Å²) in [5.41, 5.74) is 10.0. The van der Waals surface area contributed by atoms with Crippen molar-refractivity contribution in [3.8, 4) is 5.75 Å².